The summed E-state index contributed by atoms with van der Waals surface area (Å²) in [5, 5.41) is 4.09. The fourth-order valence-electron chi connectivity index (χ4n) is 3.33. The minimum absolute atomic E-state index is 0.203. The summed E-state index contributed by atoms with van der Waals surface area (Å²) < 4.78 is 28.8. The zero-order chi connectivity index (χ0) is 13.6. The molecule has 2 unspecified atom stereocenters. The number of rotatable bonds is 1. The highest BCUT2D eigenvalue weighted by Crippen LogP contribution is 2.42. The van der Waals surface area contributed by atoms with Gasteiger partial charge in [-0.15, -0.1) is 0 Å². The molecule has 2 aliphatic heterocycles. The van der Waals surface area contributed by atoms with E-state index >= 15 is 0 Å². The Labute approximate surface area is 110 Å². The summed E-state index contributed by atoms with van der Waals surface area (Å²) in [6.07, 6.45) is 3.55. The van der Waals surface area contributed by atoms with Crippen molar-refractivity contribution in [2.45, 2.75) is 50.1 Å². The second kappa shape index (κ2) is 4.28. The van der Waals surface area contributed by atoms with Gasteiger partial charge in [-0.2, -0.15) is 5.10 Å². The van der Waals surface area contributed by atoms with Gasteiger partial charge in [0.05, 0.1) is 0 Å². The van der Waals surface area contributed by atoms with E-state index in [1.165, 1.54) is 0 Å². The molecule has 3 heterocycles. The van der Waals surface area contributed by atoms with Gasteiger partial charge in [0.25, 0.3) is 11.8 Å². The Kier molecular flexibility index (Phi) is 2.83. The zero-order valence-electron chi connectivity index (χ0n) is 10.9. The quantitative estimate of drug-likeness (QED) is 0.784. The van der Waals surface area contributed by atoms with Crippen molar-refractivity contribution in [3.63, 3.8) is 0 Å². The molecule has 0 N–H and O–H groups in total. The molecule has 104 valence electrons. The SMILES string of the molecule is Cn1ccc(C(=O)N2C3CCCC2CC(F)(F)C3)n1. The van der Waals surface area contributed by atoms with Crippen molar-refractivity contribution in [2.75, 3.05) is 0 Å². The average molecular weight is 269 g/mol. The molecule has 19 heavy (non-hydrogen) atoms. The summed E-state index contributed by atoms with van der Waals surface area (Å²) in [6.45, 7) is 0. The molecule has 4 nitrogen and oxygen atoms in total. The normalized spacial score (nSPS) is 29.3. The first kappa shape index (κ1) is 12.6. The number of aromatic nitrogens is 2. The lowest BCUT2D eigenvalue weighted by molar-refractivity contribution is -0.105. The van der Waals surface area contributed by atoms with Crippen LogP contribution >= 0.6 is 0 Å². The van der Waals surface area contributed by atoms with Gasteiger partial charge in [-0.25, -0.2) is 8.78 Å². The topological polar surface area (TPSA) is 38.1 Å². The summed E-state index contributed by atoms with van der Waals surface area (Å²) in [4.78, 5) is 14.1. The van der Waals surface area contributed by atoms with Gasteiger partial charge >= 0.3 is 0 Å². The Morgan fingerprint density at radius 1 is 1.37 bits per heavy atom. The Morgan fingerprint density at radius 2 is 2.00 bits per heavy atom. The molecule has 1 aromatic rings. The molecule has 2 aliphatic rings. The van der Waals surface area contributed by atoms with Gasteiger partial charge in [-0.1, -0.05) is 0 Å². The van der Waals surface area contributed by atoms with E-state index in [4.69, 9.17) is 0 Å². The number of alkyl halides is 2. The van der Waals surface area contributed by atoms with Crippen LogP contribution in [-0.4, -0.2) is 38.6 Å². The molecule has 0 radical (unpaired) electrons. The molecule has 0 spiro atoms. The summed E-state index contributed by atoms with van der Waals surface area (Å²) >= 11 is 0. The fourth-order valence-corrected chi connectivity index (χ4v) is 3.33. The maximum atomic E-state index is 13.6. The number of hydrogen-bond donors (Lipinski definition) is 0. The third-order valence-corrected chi connectivity index (χ3v) is 4.10. The van der Waals surface area contributed by atoms with Gasteiger partial charge in [-0.3, -0.25) is 9.48 Å². The first-order chi connectivity index (χ1) is 8.96. The zero-order valence-corrected chi connectivity index (χ0v) is 10.9. The number of piperidine rings is 2. The predicted molar refractivity (Wildman–Crippen MR) is 65.0 cm³/mol. The first-order valence-corrected chi connectivity index (χ1v) is 6.66. The minimum atomic E-state index is -2.63. The molecule has 2 saturated heterocycles. The van der Waals surface area contributed by atoms with Crippen molar-refractivity contribution in [2.24, 2.45) is 7.05 Å². The van der Waals surface area contributed by atoms with Crippen LogP contribution < -0.4 is 0 Å². The third-order valence-electron chi connectivity index (χ3n) is 4.10. The van der Waals surface area contributed by atoms with Gasteiger partial charge in [0.2, 0.25) is 0 Å². The second-order valence-electron chi connectivity index (χ2n) is 5.59. The van der Waals surface area contributed by atoms with E-state index in [1.807, 2.05) is 0 Å². The number of amides is 1. The summed E-state index contributed by atoms with van der Waals surface area (Å²) in [7, 11) is 1.74. The monoisotopic (exact) mass is 269 g/mol. The van der Waals surface area contributed by atoms with Crippen LogP contribution in [0.1, 0.15) is 42.6 Å². The van der Waals surface area contributed by atoms with Crippen molar-refractivity contribution in [3.05, 3.63) is 18.0 Å². The standard InChI is InChI=1S/C13H17F2N3O/c1-17-6-5-11(16-17)12(19)18-9-3-2-4-10(18)8-13(14,15)7-9/h5-6,9-10H,2-4,7-8H2,1H3. The van der Waals surface area contributed by atoms with Gasteiger partial charge in [0.15, 0.2) is 0 Å². The van der Waals surface area contributed by atoms with Crippen molar-refractivity contribution < 1.29 is 13.6 Å². The van der Waals surface area contributed by atoms with E-state index in [1.54, 1.807) is 28.9 Å². The highest BCUT2D eigenvalue weighted by molar-refractivity contribution is 5.92. The Hall–Kier alpha value is -1.46. The Balaban J connectivity index is 1.86. The number of aryl methyl sites for hydroxylation is 1. The molecule has 0 aromatic carbocycles. The van der Waals surface area contributed by atoms with Gasteiger partial charge in [0.1, 0.15) is 5.69 Å². The summed E-state index contributed by atoms with van der Waals surface area (Å²) in [6, 6.07) is 0.971. The molecule has 0 saturated carbocycles. The van der Waals surface area contributed by atoms with E-state index < -0.39 is 5.92 Å². The Morgan fingerprint density at radius 3 is 2.53 bits per heavy atom. The number of carbonyl (C=O) groups is 1. The van der Waals surface area contributed by atoms with Gasteiger partial charge in [-0.05, 0) is 25.3 Å². The summed E-state index contributed by atoms with van der Waals surface area (Å²) in [5.74, 6) is -2.83. The molecular weight excluding hydrogens is 252 g/mol. The largest absolute Gasteiger partial charge is 0.331 e. The second-order valence-corrected chi connectivity index (χ2v) is 5.59. The van der Waals surface area contributed by atoms with Gasteiger partial charge < -0.3 is 4.90 Å². The molecule has 3 rings (SSSR count). The van der Waals surface area contributed by atoms with Crippen molar-refractivity contribution >= 4 is 5.91 Å². The van der Waals surface area contributed by atoms with E-state index in [-0.39, 0.29) is 30.8 Å². The number of hydrogen-bond acceptors (Lipinski definition) is 2. The number of nitrogens with zero attached hydrogens (tertiary/aromatic N) is 3. The van der Waals surface area contributed by atoms with E-state index in [0.717, 1.165) is 6.42 Å². The van der Waals surface area contributed by atoms with Crippen LogP contribution in [0.4, 0.5) is 8.78 Å². The lowest BCUT2D eigenvalue weighted by Crippen LogP contribution is -2.57. The van der Waals surface area contributed by atoms with Gasteiger partial charge in [0, 0.05) is 38.2 Å². The molecule has 2 bridgehead atoms. The first-order valence-electron chi connectivity index (χ1n) is 6.66. The maximum absolute atomic E-state index is 13.6. The Bertz CT molecular complexity index is 484. The van der Waals surface area contributed by atoms with Crippen LogP contribution in [0.5, 0.6) is 0 Å². The fraction of sp³-hybridized carbons (Fsp3) is 0.692. The minimum Gasteiger partial charge on any atom is -0.331 e. The molecule has 6 heteroatoms. The molecule has 2 atom stereocenters. The maximum Gasteiger partial charge on any atom is 0.274 e. The number of halogens is 2. The third kappa shape index (κ3) is 2.24. The molecule has 1 amide bonds. The predicted octanol–water partition coefficient (Wildman–Crippen LogP) is 2.21. The lowest BCUT2D eigenvalue weighted by atomic mass is 9.82. The van der Waals surface area contributed by atoms with Crippen LogP contribution in [0.3, 0.4) is 0 Å². The van der Waals surface area contributed by atoms with Crippen molar-refractivity contribution in [3.8, 4) is 0 Å². The average Bonchev–Trinajstić information content (AvgIpc) is 2.73. The lowest BCUT2D eigenvalue weighted by Gasteiger charge is -2.48. The smallest absolute Gasteiger partial charge is 0.274 e. The molecule has 0 aliphatic carbocycles. The van der Waals surface area contributed by atoms with E-state index in [0.29, 0.717) is 18.5 Å². The highest BCUT2D eigenvalue weighted by Gasteiger charge is 2.49. The molecule has 2 fully saturated rings. The van der Waals surface area contributed by atoms with Crippen LogP contribution in [0, 0.1) is 0 Å². The van der Waals surface area contributed by atoms with Crippen molar-refractivity contribution in [1.29, 1.82) is 0 Å². The number of fused-ring (bicyclic) bond motifs is 2. The number of carbonyl (C=O) groups excluding carboxylic acids is 1. The highest BCUT2D eigenvalue weighted by atomic mass is 19.3. The summed E-state index contributed by atoms with van der Waals surface area (Å²) in [5.41, 5.74) is 0.351. The molecular formula is C13H17F2N3O. The van der Waals surface area contributed by atoms with Crippen LogP contribution in [-0.2, 0) is 7.05 Å². The van der Waals surface area contributed by atoms with E-state index in [9.17, 15) is 13.6 Å². The van der Waals surface area contributed by atoms with Crippen molar-refractivity contribution in [1.82, 2.24) is 14.7 Å². The van der Waals surface area contributed by atoms with E-state index in [2.05, 4.69) is 5.10 Å². The van der Waals surface area contributed by atoms with Crippen LogP contribution in [0.25, 0.3) is 0 Å². The van der Waals surface area contributed by atoms with Crippen LogP contribution in [0.15, 0.2) is 12.3 Å². The van der Waals surface area contributed by atoms with Crippen LogP contribution in [0.2, 0.25) is 0 Å². The molecule has 1 aromatic heterocycles.